The summed E-state index contributed by atoms with van der Waals surface area (Å²) >= 11 is 0. The summed E-state index contributed by atoms with van der Waals surface area (Å²) < 4.78 is 11.5. The van der Waals surface area contributed by atoms with Gasteiger partial charge in [-0.25, -0.2) is 5.01 Å². The molecule has 3 aliphatic heterocycles. The van der Waals surface area contributed by atoms with Crippen molar-refractivity contribution in [2.24, 2.45) is 0 Å². The molecule has 0 unspecified atom stereocenters. The number of rotatable bonds is 5. The van der Waals surface area contributed by atoms with E-state index in [0.29, 0.717) is 30.9 Å². The first-order valence-electron chi connectivity index (χ1n) is 9.83. The van der Waals surface area contributed by atoms with Gasteiger partial charge in [0.25, 0.3) is 5.91 Å². The average Bonchev–Trinajstić information content (AvgIpc) is 3.02. The van der Waals surface area contributed by atoms with Crippen LogP contribution in [0.15, 0.2) is 18.2 Å². The van der Waals surface area contributed by atoms with Gasteiger partial charge in [0.1, 0.15) is 12.4 Å². The number of likely N-dealkylation sites (N-methyl/N-ethyl adjacent to an activating group) is 1. The number of carbonyl (C=O) groups is 3. The van der Waals surface area contributed by atoms with Crippen molar-refractivity contribution in [1.29, 1.82) is 0 Å². The van der Waals surface area contributed by atoms with Crippen molar-refractivity contribution in [1.82, 2.24) is 14.9 Å². The lowest BCUT2D eigenvalue weighted by Gasteiger charge is -2.34. The van der Waals surface area contributed by atoms with E-state index in [1.807, 2.05) is 6.07 Å². The average molecular weight is 387 g/mol. The van der Waals surface area contributed by atoms with Gasteiger partial charge >= 0.3 is 0 Å². The lowest BCUT2D eigenvalue weighted by Crippen LogP contribution is -2.51. The molecule has 1 aromatic rings. The number of hydrogen-bond donors (Lipinski definition) is 0. The standard InChI is InChI=1S/C20H25N3O5/c1-2-21-8-9-27-12-15(21)13-28-16-6-7-17-14(10-16)11-22(20(17)26)23-18(24)4-3-5-19(23)25/h6-7,10,15H,2-5,8-9,11-13H2,1H3/t15-/m0/s1. The summed E-state index contributed by atoms with van der Waals surface area (Å²) in [5, 5.41) is 2.27. The molecule has 0 saturated carbocycles. The second-order valence-corrected chi connectivity index (χ2v) is 7.30. The molecule has 0 aromatic heterocycles. The van der Waals surface area contributed by atoms with Gasteiger partial charge in [0, 0.05) is 24.9 Å². The highest BCUT2D eigenvalue weighted by Gasteiger charge is 2.39. The Hall–Kier alpha value is -2.45. The van der Waals surface area contributed by atoms with E-state index in [1.165, 1.54) is 5.01 Å². The van der Waals surface area contributed by atoms with Gasteiger partial charge in [-0.15, -0.1) is 0 Å². The summed E-state index contributed by atoms with van der Waals surface area (Å²) in [6.45, 7) is 6.07. The monoisotopic (exact) mass is 387 g/mol. The fourth-order valence-electron chi connectivity index (χ4n) is 4.00. The van der Waals surface area contributed by atoms with Crippen LogP contribution < -0.4 is 4.74 Å². The minimum atomic E-state index is -0.317. The molecule has 3 aliphatic rings. The molecule has 2 fully saturated rings. The molecule has 2 saturated heterocycles. The van der Waals surface area contributed by atoms with Gasteiger partial charge in [-0.1, -0.05) is 6.92 Å². The third-order valence-electron chi connectivity index (χ3n) is 5.55. The van der Waals surface area contributed by atoms with E-state index in [1.54, 1.807) is 12.1 Å². The zero-order valence-corrected chi connectivity index (χ0v) is 16.1. The first-order valence-corrected chi connectivity index (χ1v) is 9.83. The third kappa shape index (κ3) is 3.49. The van der Waals surface area contributed by atoms with Gasteiger partial charge in [0.05, 0.1) is 25.8 Å². The maximum atomic E-state index is 12.7. The van der Waals surface area contributed by atoms with Gasteiger partial charge in [-0.3, -0.25) is 19.3 Å². The van der Waals surface area contributed by atoms with Crippen molar-refractivity contribution in [3.63, 3.8) is 0 Å². The number of amides is 3. The molecular weight excluding hydrogens is 362 g/mol. The number of imide groups is 1. The summed E-state index contributed by atoms with van der Waals surface area (Å²) in [6.07, 6.45) is 1.12. The van der Waals surface area contributed by atoms with E-state index in [4.69, 9.17) is 9.47 Å². The van der Waals surface area contributed by atoms with Gasteiger partial charge in [0.15, 0.2) is 0 Å². The maximum absolute atomic E-state index is 12.7. The smallest absolute Gasteiger partial charge is 0.273 e. The molecule has 1 atom stereocenters. The number of fused-ring (bicyclic) bond motifs is 1. The van der Waals surface area contributed by atoms with E-state index >= 15 is 0 Å². The molecule has 3 heterocycles. The van der Waals surface area contributed by atoms with Gasteiger partial charge < -0.3 is 9.47 Å². The Morgan fingerprint density at radius 3 is 2.71 bits per heavy atom. The Morgan fingerprint density at radius 1 is 1.18 bits per heavy atom. The second kappa shape index (κ2) is 7.89. The number of hydrazine groups is 1. The molecule has 0 N–H and O–H groups in total. The van der Waals surface area contributed by atoms with Crippen LogP contribution in [0.4, 0.5) is 0 Å². The summed E-state index contributed by atoms with van der Waals surface area (Å²) in [6, 6.07) is 5.50. The molecule has 1 aromatic carbocycles. The topological polar surface area (TPSA) is 79.4 Å². The van der Waals surface area contributed by atoms with Gasteiger partial charge in [-0.2, -0.15) is 5.01 Å². The van der Waals surface area contributed by atoms with Crippen LogP contribution in [0.5, 0.6) is 5.75 Å². The van der Waals surface area contributed by atoms with E-state index < -0.39 is 0 Å². The summed E-state index contributed by atoms with van der Waals surface area (Å²) in [5.41, 5.74) is 1.27. The van der Waals surface area contributed by atoms with Crippen LogP contribution in [0, 0.1) is 0 Å². The van der Waals surface area contributed by atoms with E-state index in [2.05, 4.69) is 11.8 Å². The molecule has 3 amide bonds. The van der Waals surface area contributed by atoms with Gasteiger partial charge in [0.2, 0.25) is 11.8 Å². The van der Waals surface area contributed by atoms with Crippen LogP contribution in [-0.2, 0) is 20.9 Å². The predicted molar refractivity (Wildman–Crippen MR) is 99.4 cm³/mol. The van der Waals surface area contributed by atoms with E-state index in [0.717, 1.165) is 30.3 Å². The van der Waals surface area contributed by atoms with Crippen molar-refractivity contribution in [2.45, 2.75) is 38.8 Å². The highest BCUT2D eigenvalue weighted by molar-refractivity contribution is 6.04. The molecular formula is C20H25N3O5. The molecule has 0 radical (unpaired) electrons. The number of piperidine rings is 1. The van der Waals surface area contributed by atoms with E-state index in [-0.39, 0.29) is 43.1 Å². The Labute approximate surface area is 163 Å². The molecule has 0 aliphatic carbocycles. The normalized spacial score (nSPS) is 23.3. The summed E-state index contributed by atoms with van der Waals surface area (Å²) in [4.78, 5) is 39.4. The van der Waals surface area contributed by atoms with Crippen molar-refractivity contribution in [3.05, 3.63) is 29.3 Å². The van der Waals surface area contributed by atoms with Crippen molar-refractivity contribution >= 4 is 17.7 Å². The minimum Gasteiger partial charge on any atom is -0.492 e. The Balaban J connectivity index is 1.45. The Morgan fingerprint density at radius 2 is 1.96 bits per heavy atom. The fourth-order valence-corrected chi connectivity index (χ4v) is 4.00. The SMILES string of the molecule is CCN1CCOC[C@H]1COc1ccc2c(c1)CN(N1C(=O)CCCC1=O)C2=O. The quantitative estimate of drug-likeness (QED) is 0.707. The van der Waals surface area contributed by atoms with Crippen LogP contribution in [0.25, 0.3) is 0 Å². The number of hydrogen-bond acceptors (Lipinski definition) is 6. The number of nitrogens with zero attached hydrogens (tertiary/aromatic N) is 3. The third-order valence-corrected chi connectivity index (χ3v) is 5.55. The molecule has 8 nitrogen and oxygen atoms in total. The maximum Gasteiger partial charge on any atom is 0.273 e. The van der Waals surface area contributed by atoms with E-state index in [9.17, 15) is 14.4 Å². The Kier molecular flexibility index (Phi) is 5.32. The highest BCUT2D eigenvalue weighted by Crippen LogP contribution is 2.30. The fraction of sp³-hybridized carbons (Fsp3) is 0.550. The van der Waals surface area contributed by atoms with Crippen molar-refractivity contribution < 1.29 is 23.9 Å². The number of morpholine rings is 1. The molecule has 4 rings (SSSR count). The molecule has 0 bridgehead atoms. The molecule has 0 spiro atoms. The van der Waals surface area contributed by atoms with Crippen LogP contribution in [0.2, 0.25) is 0 Å². The zero-order valence-electron chi connectivity index (χ0n) is 16.1. The number of carbonyl (C=O) groups excluding carboxylic acids is 3. The number of ether oxygens (including phenoxy) is 2. The predicted octanol–water partition coefficient (Wildman–Crippen LogP) is 1.20. The summed E-state index contributed by atoms with van der Waals surface area (Å²) in [5.74, 6) is -0.272. The van der Waals surface area contributed by atoms with Gasteiger partial charge in [-0.05, 0) is 36.7 Å². The minimum absolute atomic E-state index is 0.203. The van der Waals surface area contributed by atoms with Crippen LogP contribution in [0.1, 0.15) is 42.1 Å². The van der Waals surface area contributed by atoms with Crippen LogP contribution in [-0.4, -0.2) is 71.6 Å². The molecule has 28 heavy (non-hydrogen) atoms. The lowest BCUT2D eigenvalue weighted by molar-refractivity contribution is -0.163. The number of benzene rings is 1. The lowest BCUT2D eigenvalue weighted by atomic mass is 10.1. The summed E-state index contributed by atoms with van der Waals surface area (Å²) in [7, 11) is 0. The molecule has 150 valence electrons. The van der Waals surface area contributed by atoms with Crippen LogP contribution >= 0.6 is 0 Å². The van der Waals surface area contributed by atoms with Crippen molar-refractivity contribution in [2.75, 3.05) is 32.9 Å². The van der Waals surface area contributed by atoms with Crippen LogP contribution in [0.3, 0.4) is 0 Å². The first kappa shape index (κ1) is 18.9. The molecule has 8 heteroatoms. The highest BCUT2D eigenvalue weighted by atomic mass is 16.5. The zero-order chi connectivity index (χ0) is 19.7. The first-order chi connectivity index (χ1) is 13.6. The Bertz CT molecular complexity index is 780. The second-order valence-electron chi connectivity index (χ2n) is 7.30. The van der Waals surface area contributed by atoms with Crippen molar-refractivity contribution in [3.8, 4) is 5.75 Å². The largest absolute Gasteiger partial charge is 0.492 e.